The van der Waals surface area contributed by atoms with E-state index >= 15 is 0 Å². The van der Waals surface area contributed by atoms with Gasteiger partial charge in [-0.3, -0.25) is 4.79 Å². The van der Waals surface area contributed by atoms with Gasteiger partial charge in [-0.15, -0.1) is 0 Å². The Morgan fingerprint density at radius 1 is 1.38 bits per heavy atom. The normalized spacial score (nSPS) is 17.9. The maximum absolute atomic E-state index is 12.3. The van der Waals surface area contributed by atoms with E-state index in [4.69, 9.17) is 14.6 Å². The molecule has 0 aromatic heterocycles. The maximum Gasteiger partial charge on any atom is 0.346 e. The molecule has 1 aliphatic heterocycles. The van der Waals surface area contributed by atoms with Crippen LogP contribution in [-0.2, 0) is 14.3 Å². The average Bonchev–Trinajstić information content (AvgIpc) is 2.42. The van der Waals surface area contributed by atoms with Gasteiger partial charge in [-0.2, -0.15) is 0 Å². The highest BCUT2D eigenvalue weighted by Gasteiger charge is 2.33. The van der Waals surface area contributed by atoms with Crippen LogP contribution in [0.15, 0.2) is 24.3 Å². The lowest BCUT2D eigenvalue weighted by molar-refractivity contribution is -0.145. The van der Waals surface area contributed by atoms with E-state index in [0.717, 1.165) is 0 Å². The van der Waals surface area contributed by atoms with Crippen LogP contribution in [-0.4, -0.2) is 41.8 Å². The first-order valence-electron chi connectivity index (χ1n) is 6.71. The number of carboxylic acids is 1. The predicted molar refractivity (Wildman–Crippen MR) is 76.6 cm³/mol. The molecule has 0 bridgehead atoms. The number of hydrogen-bond acceptors (Lipinski definition) is 4. The number of aliphatic carboxylic acids is 1. The summed E-state index contributed by atoms with van der Waals surface area (Å²) >= 11 is 0. The third kappa shape index (κ3) is 3.72. The van der Waals surface area contributed by atoms with E-state index in [9.17, 15) is 9.59 Å². The summed E-state index contributed by atoms with van der Waals surface area (Å²) in [5.74, 6) is -0.994. The molecule has 0 saturated carbocycles. The Kier molecular flexibility index (Phi) is 4.18. The molecule has 114 valence electrons. The fourth-order valence-corrected chi connectivity index (χ4v) is 1.96. The van der Waals surface area contributed by atoms with Crippen LogP contribution < -0.4 is 9.64 Å². The van der Waals surface area contributed by atoms with Crippen LogP contribution >= 0.6 is 0 Å². The zero-order valence-corrected chi connectivity index (χ0v) is 12.3. The van der Waals surface area contributed by atoms with Gasteiger partial charge in [0.2, 0.25) is 6.10 Å². The van der Waals surface area contributed by atoms with E-state index in [1.807, 2.05) is 20.8 Å². The number of carboxylic acid groups (broad SMARTS) is 1. The monoisotopic (exact) mass is 293 g/mol. The molecule has 1 aliphatic rings. The molecule has 6 heteroatoms. The van der Waals surface area contributed by atoms with Gasteiger partial charge in [0.1, 0.15) is 12.4 Å². The van der Waals surface area contributed by atoms with E-state index < -0.39 is 17.7 Å². The smallest absolute Gasteiger partial charge is 0.346 e. The number of rotatable bonds is 3. The van der Waals surface area contributed by atoms with E-state index in [-0.39, 0.29) is 19.1 Å². The number of nitrogens with zero attached hydrogens (tertiary/aromatic N) is 1. The Morgan fingerprint density at radius 3 is 2.67 bits per heavy atom. The highest BCUT2D eigenvalue weighted by atomic mass is 16.5. The van der Waals surface area contributed by atoms with Crippen LogP contribution in [0, 0.1) is 0 Å². The van der Waals surface area contributed by atoms with Gasteiger partial charge >= 0.3 is 5.97 Å². The minimum atomic E-state index is -1.10. The zero-order valence-electron chi connectivity index (χ0n) is 12.3. The average molecular weight is 293 g/mol. The van der Waals surface area contributed by atoms with Crippen LogP contribution in [0.25, 0.3) is 0 Å². The Morgan fingerprint density at radius 2 is 2.05 bits per heavy atom. The molecule has 0 spiro atoms. The lowest BCUT2D eigenvalue weighted by atomic mass is 10.1. The van der Waals surface area contributed by atoms with Gasteiger partial charge in [-0.25, -0.2) is 4.79 Å². The molecule has 21 heavy (non-hydrogen) atoms. The van der Waals surface area contributed by atoms with Crippen LogP contribution in [0.2, 0.25) is 0 Å². The van der Waals surface area contributed by atoms with Gasteiger partial charge in [0.25, 0.3) is 5.91 Å². The second-order valence-corrected chi connectivity index (χ2v) is 5.82. The second kappa shape index (κ2) is 5.73. The maximum atomic E-state index is 12.3. The summed E-state index contributed by atoms with van der Waals surface area (Å²) in [7, 11) is 0. The van der Waals surface area contributed by atoms with Crippen molar-refractivity contribution in [2.45, 2.75) is 32.5 Å². The minimum Gasteiger partial charge on any atom is -0.478 e. The quantitative estimate of drug-likeness (QED) is 0.917. The largest absolute Gasteiger partial charge is 0.478 e. The number of carbonyl (C=O) groups is 2. The van der Waals surface area contributed by atoms with Crippen molar-refractivity contribution in [3.05, 3.63) is 24.3 Å². The Hall–Kier alpha value is -2.08. The van der Waals surface area contributed by atoms with Crippen molar-refractivity contribution >= 4 is 17.6 Å². The van der Waals surface area contributed by atoms with Gasteiger partial charge < -0.3 is 19.5 Å². The van der Waals surface area contributed by atoms with Crippen LogP contribution in [0.1, 0.15) is 20.8 Å². The topological polar surface area (TPSA) is 76.1 Å². The second-order valence-electron chi connectivity index (χ2n) is 5.82. The zero-order chi connectivity index (χ0) is 15.6. The molecule has 1 N–H and O–H groups in total. The summed E-state index contributed by atoms with van der Waals surface area (Å²) in [6.07, 6.45) is -1.07. The molecule has 0 aliphatic carbocycles. The Labute approximate surface area is 123 Å². The summed E-state index contributed by atoms with van der Waals surface area (Å²) in [4.78, 5) is 24.9. The van der Waals surface area contributed by atoms with Crippen molar-refractivity contribution in [2.24, 2.45) is 0 Å². The van der Waals surface area contributed by atoms with Crippen molar-refractivity contribution in [3.63, 3.8) is 0 Å². The first kappa shape index (κ1) is 15.3. The van der Waals surface area contributed by atoms with Gasteiger partial charge in [-0.05, 0) is 32.9 Å². The molecule has 1 heterocycles. The molecule has 1 atom stereocenters. The molecule has 1 amide bonds. The molecular formula is C15H19NO5. The standard InChI is InChI=1S/C15H19NO5/c1-15(2,3)20-9-13(17)16-8-12(14(18)19)21-11-7-5-4-6-10(11)16/h4-7,12H,8-9H2,1-3H3,(H,18,19). The van der Waals surface area contributed by atoms with Crippen molar-refractivity contribution in [2.75, 3.05) is 18.1 Å². The molecule has 1 aromatic rings. The Balaban J connectivity index is 2.21. The molecular weight excluding hydrogens is 274 g/mol. The number of anilines is 1. The number of benzene rings is 1. The van der Waals surface area contributed by atoms with Crippen molar-refractivity contribution < 1.29 is 24.2 Å². The first-order valence-corrected chi connectivity index (χ1v) is 6.71. The Bertz CT molecular complexity index is 549. The third-order valence-electron chi connectivity index (χ3n) is 2.98. The van der Waals surface area contributed by atoms with Crippen molar-refractivity contribution in [3.8, 4) is 5.75 Å². The number of para-hydroxylation sites is 2. The predicted octanol–water partition coefficient (Wildman–Crippen LogP) is 1.68. The van der Waals surface area contributed by atoms with Crippen molar-refractivity contribution in [1.29, 1.82) is 0 Å². The van der Waals surface area contributed by atoms with Gasteiger partial charge in [0.05, 0.1) is 17.8 Å². The summed E-state index contributed by atoms with van der Waals surface area (Å²) in [6.45, 7) is 5.43. The fourth-order valence-electron chi connectivity index (χ4n) is 1.96. The molecule has 1 unspecified atom stereocenters. The lowest BCUT2D eigenvalue weighted by Gasteiger charge is -2.33. The summed E-state index contributed by atoms with van der Waals surface area (Å²) in [5, 5.41) is 9.13. The van der Waals surface area contributed by atoms with Crippen molar-refractivity contribution in [1.82, 2.24) is 0 Å². The third-order valence-corrected chi connectivity index (χ3v) is 2.98. The molecule has 0 saturated heterocycles. The van der Waals surface area contributed by atoms with Crippen LogP contribution in [0.5, 0.6) is 5.75 Å². The van der Waals surface area contributed by atoms with Crippen LogP contribution in [0.3, 0.4) is 0 Å². The number of carbonyl (C=O) groups excluding carboxylic acids is 1. The number of fused-ring (bicyclic) bond motifs is 1. The van der Waals surface area contributed by atoms with Gasteiger partial charge in [-0.1, -0.05) is 12.1 Å². The van der Waals surface area contributed by atoms with E-state index in [1.54, 1.807) is 24.3 Å². The van der Waals surface area contributed by atoms with Crippen LogP contribution in [0.4, 0.5) is 5.69 Å². The van der Waals surface area contributed by atoms with E-state index in [0.29, 0.717) is 11.4 Å². The molecule has 0 radical (unpaired) electrons. The molecule has 0 fully saturated rings. The van der Waals surface area contributed by atoms with E-state index in [1.165, 1.54) is 4.90 Å². The molecule has 2 rings (SSSR count). The van der Waals surface area contributed by atoms with Gasteiger partial charge in [0, 0.05) is 0 Å². The molecule has 1 aromatic carbocycles. The number of hydrogen-bond donors (Lipinski definition) is 1. The first-order chi connectivity index (χ1) is 9.78. The fraction of sp³-hybridized carbons (Fsp3) is 0.467. The lowest BCUT2D eigenvalue weighted by Crippen LogP contribution is -2.48. The summed E-state index contributed by atoms with van der Waals surface area (Å²) < 4.78 is 10.9. The van der Waals surface area contributed by atoms with Gasteiger partial charge in [0.15, 0.2) is 0 Å². The van der Waals surface area contributed by atoms with E-state index in [2.05, 4.69) is 0 Å². The molecule has 6 nitrogen and oxygen atoms in total. The summed E-state index contributed by atoms with van der Waals surface area (Å²) in [6, 6.07) is 6.88. The number of amides is 1. The number of ether oxygens (including phenoxy) is 2. The summed E-state index contributed by atoms with van der Waals surface area (Å²) in [5.41, 5.74) is 0.130. The SMILES string of the molecule is CC(C)(C)OCC(=O)N1CC(C(=O)O)Oc2ccccc21. The minimum absolute atomic E-state index is 0.0291. The highest BCUT2D eigenvalue weighted by Crippen LogP contribution is 2.33. The highest BCUT2D eigenvalue weighted by molar-refractivity contribution is 5.97.